The Kier molecular flexibility index (Phi) is 7.50. The number of carbonyl (C=O) groups is 2. The highest BCUT2D eigenvalue weighted by molar-refractivity contribution is 7.71. The number of H-pyrrole nitrogens is 1. The Labute approximate surface area is 207 Å². The third kappa shape index (κ3) is 5.22. The molecule has 1 fully saturated rings. The number of nitrogens with one attached hydrogen (secondary N) is 1. The van der Waals surface area contributed by atoms with E-state index in [9.17, 15) is 14.4 Å². The number of piperazine rings is 1. The minimum Gasteiger partial charge on any atom is -0.495 e. The predicted molar refractivity (Wildman–Crippen MR) is 136 cm³/mol. The second-order valence-electron chi connectivity index (χ2n) is 8.28. The molecule has 9 nitrogen and oxygen atoms in total. The van der Waals surface area contributed by atoms with Gasteiger partial charge in [-0.1, -0.05) is 12.1 Å². The summed E-state index contributed by atoms with van der Waals surface area (Å²) in [6.45, 7) is 3.06. The lowest BCUT2D eigenvalue weighted by Gasteiger charge is -2.36. The van der Waals surface area contributed by atoms with Crippen LogP contribution in [0.15, 0.2) is 47.3 Å². The zero-order valence-corrected chi connectivity index (χ0v) is 20.6. The average molecular weight is 497 g/mol. The highest BCUT2D eigenvalue weighted by atomic mass is 32.1. The summed E-state index contributed by atoms with van der Waals surface area (Å²) in [4.78, 5) is 44.6. The molecule has 10 heteroatoms. The van der Waals surface area contributed by atoms with Crippen LogP contribution in [0.3, 0.4) is 0 Å². The van der Waals surface area contributed by atoms with Gasteiger partial charge in [0.2, 0.25) is 5.91 Å². The Hall–Kier alpha value is -3.66. The summed E-state index contributed by atoms with van der Waals surface area (Å²) < 4.78 is 11.9. The van der Waals surface area contributed by atoms with Crippen LogP contribution in [-0.2, 0) is 16.1 Å². The molecule has 1 aliphatic rings. The minimum atomic E-state index is -0.488. The summed E-state index contributed by atoms with van der Waals surface area (Å²) in [5.41, 5.74) is 1.59. The smallest absolute Gasteiger partial charge is 0.337 e. The maximum absolute atomic E-state index is 12.9. The van der Waals surface area contributed by atoms with Gasteiger partial charge in [-0.2, -0.15) is 0 Å². The van der Waals surface area contributed by atoms with E-state index in [1.54, 1.807) is 25.3 Å². The van der Waals surface area contributed by atoms with Crippen molar-refractivity contribution < 1.29 is 19.1 Å². The maximum Gasteiger partial charge on any atom is 0.337 e. The van der Waals surface area contributed by atoms with Gasteiger partial charge in [-0.3, -0.25) is 14.2 Å². The Balaban J connectivity index is 1.35. The first-order valence-electron chi connectivity index (χ1n) is 11.4. The molecule has 1 saturated heterocycles. The molecule has 0 unspecified atom stereocenters. The highest BCUT2D eigenvalue weighted by Gasteiger charge is 2.22. The van der Waals surface area contributed by atoms with Gasteiger partial charge in [-0.15, -0.1) is 0 Å². The lowest BCUT2D eigenvalue weighted by molar-refractivity contribution is -0.131. The van der Waals surface area contributed by atoms with Crippen molar-refractivity contribution in [3.63, 3.8) is 0 Å². The molecule has 0 bridgehead atoms. The number of ether oxygens (including phenoxy) is 2. The molecule has 1 amide bonds. The predicted octanol–water partition coefficient (Wildman–Crippen LogP) is 2.98. The summed E-state index contributed by atoms with van der Waals surface area (Å²) in [6.07, 6.45) is 0.823. The van der Waals surface area contributed by atoms with Crippen LogP contribution < -0.4 is 15.2 Å². The second kappa shape index (κ2) is 10.7. The molecule has 4 rings (SSSR count). The number of anilines is 1. The summed E-state index contributed by atoms with van der Waals surface area (Å²) in [6, 6.07) is 12.6. The van der Waals surface area contributed by atoms with Crippen LogP contribution in [0, 0.1) is 4.77 Å². The maximum atomic E-state index is 12.9. The van der Waals surface area contributed by atoms with E-state index in [1.807, 2.05) is 29.2 Å². The fraction of sp³-hybridized carbons (Fsp3) is 0.360. The van der Waals surface area contributed by atoms with Crippen molar-refractivity contribution in [3.8, 4) is 5.75 Å². The summed E-state index contributed by atoms with van der Waals surface area (Å²) in [5, 5.41) is 0.421. The van der Waals surface area contributed by atoms with Gasteiger partial charge in [0, 0.05) is 39.1 Å². The van der Waals surface area contributed by atoms with E-state index in [1.165, 1.54) is 11.7 Å². The first kappa shape index (κ1) is 24.5. The van der Waals surface area contributed by atoms with Gasteiger partial charge in [0.15, 0.2) is 4.77 Å². The highest BCUT2D eigenvalue weighted by Crippen LogP contribution is 2.28. The number of hydrogen-bond acceptors (Lipinski definition) is 7. The van der Waals surface area contributed by atoms with Crippen LogP contribution in [0.2, 0.25) is 0 Å². The van der Waals surface area contributed by atoms with Gasteiger partial charge in [0.1, 0.15) is 5.75 Å². The number of fused-ring (bicyclic) bond motifs is 1. The van der Waals surface area contributed by atoms with E-state index in [0.717, 1.165) is 24.5 Å². The molecule has 0 saturated carbocycles. The van der Waals surface area contributed by atoms with Crippen molar-refractivity contribution in [1.29, 1.82) is 0 Å². The third-order valence-corrected chi connectivity index (χ3v) is 6.56. The Bertz CT molecular complexity index is 1360. The molecule has 1 aromatic heterocycles. The molecule has 1 N–H and O–H groups in total. The molecular formula is C25H28N4O5S. The quantitative estimate of drug-likeness (QED) is 0.397. The zero-order chi connectivity index (χ0) is 24.9. The topological polar surface area (TPSA) is 96.9 Å². The number of aromatic nitrogens is 2. The fourth-order valence-corrected chi connectivity index (χ4v) is 4.62. The molecule has 184 valence electrons. The van der Waals surface area contributed by atoms with E-state index in [2.05, 4.69) is 9.88 Å². The second-order valence-corrected chi connectivity index (χ2v) is 8.67. The van der Waals surface area contributed by atoms with Crippen LogP contribution in [0.1, 0.15) is 23.2 Å². The van der Waals surface area contributed by atoms with E-state index in [0.29, 0.717) is 48.9 Å². The lowest BCUT2D eigenvalue weighted by Crippen LogP contribution is -2.48. The first-order valence-corrected chi connectivity index (χ1v) is 11.8. The molecule has 0 spiro atoms. The number of amides is 1. The van der Waals surface area contributed by atoms with Gasteiger partial charge >= 0.3 is 5.97 Å². The Morgan fingerprint density at radius 3 is 2.51 bits per heavy atom. The van der Waals surface area contributed by atoms with Crippen LogP contribution in [-0.4, -0.2) is 66.7 Å². The molecule has 0 aliphatic carbocycles. The van der Waals surface area contributed by atoms with Gasteiger partial charge in [-0.25, -0.2) is 4.79 Å². The summed E-state index contributed by atoms with van der Waals surface area (Å²) in [5.74, 6) is 0.403. The van der Waals surface area contributed by atoms with Crippen molar-refractivity contribution >= 4 is 40.7 Å². The average Bonchev–Trinajstić information content (AvgIpc) is 2.89. The van der Waals surface area contributed by atoms with E-state index in [-0.39, 0.29) is 16.2 Å². The van der Waals surface area contributed by atoms with E-state index >= 15 is 0 Å². The van der Waals surface area contributed by atoms with Gasteiger partial charge in [0.05, 0.1) is 36.4 Å². The number of methoxy groups -OCH3 is 2. The van der Waals surface area contributed by atoms with Gasteiger partial charge in [-0.05, 0) is 49.0 Å². The van der Waals surface area contributed by atoms with Crippen molar-refractivity contribution in [1.82, 2.24) is 14.5 Å². The van der Waals surface area contributed by atoms with E-state index in [4.69, 9.17) is 21.7 Å². The number of para-hydroxylation sites is 2. The number of rotatable bonds is 7. The number of esters is 1. The van der Waals surface area contributed by atoms with Crippen molar-refractivity contribution in [2.75, 3.05) is 45.3 Å². The molecule has 0 atom stereocenters. The monoisotopic (exact) mass is 496 g/mol. The largest absolute Gasteiger partial charge is 0.495 e. The van der Waals surface area contributed by atoms with Crippen molar-refractivity contribution in [3.05, 3.63) is 63.2 Å². The molecule has 35 heavy (non-hydrogen) atoms. The number of nitrogens with zero attached hydrogens (tertiary/aromatic N) is 3. The zero-order valence-electron chi connectivity index (χ0n) is 19.8. The lowest BCUT2D eigenvalue weighted by atomic mass is 10.1. The molecule has 1 aliphatic heterocycles. The summed E-state index contributed by atoms with van der Waals surface area (Å²) >= 11 is 5.37. The fourth-order valence-electron chi connectivity index (χ4n) is 4.34. The number of carbonyl (C=O) groups excluding carboxylic acids is 2. The van der Waals surface area contributed by atoms with Crippen LogP contribution in [0.25, 0.3) is 10.9 Å². The first-order chi connectivity index (χ1) is 16.9. The van der Waals surface area contributed by atoms with Crippen LogP contribution >= 0.6 is 12.2 Å². The molecule has 3 aromatic rings. The molecule has 2 aromatic carbocycles. The van der Waals surface area contributed by atoms with Crippen molar-refractivity contribution in [2.24, 2.45) is 0 Å². The van der Waals surface area contributed by atoms with Crippen LogP contribution in [0.4, 0.5) is 5.69 Å². The Morgan fingerprint density at radius 2 is 1.80 bits per heavy atom. The molecule has 2 heterocycles. The van der Waals surface area contributed by atoms with Gasteiger partial charge in [0.25, 0.3) is 5.56 Å². The SMILES string of the molecule is COC(=O)c1ccc2c(=O)n(CCCC(=O)N3CCN(c4ccccc4OC)CC3)c(=S)[nH]c2c1. The van der Waals surface area contributed by atoms with Crippen molar-refractivity contribution in [2.45, 2.75) is 19.4 Å². The van der Waals surface area contributed by atoms with E-state index < -0.39 is 5.97 Å². The minimum absolute atomic E-state index is 0.0659. The van der Waals surface area contributed by atoms with Gasteiger partial charge < -0.3 is 24.3 Å². The molecule has 0 radical (unpaired) electrons. The standard InChI is InChI=1S/C25H28N4O5S/c1-33-21-7-4-3-6-20(21)27-12-14-28(15-13-27)22(30)8-5-11-29-23(31)18-10-9-17(24(32)34-2)16-19(18)26-25(29)35/h3-4,6-7,9-10,16H,5,8,11-15H2,1-2H3,(H,26,35). The number of aromatic amines is 1. The van der Waals surface area contributed by atoms with Crippen LogP contribution in [0.5, 0.6) is 5.75 Å². The third-order valence-electron chi connectivity index (χ3n) is 6.23. The number of hydrogen-bond donors (Lipinski definition) is 1. The normalized spacial score (nSPS) is 13.7. The Morgan fingerprint density at radius 1 is 1.06 bits per heavy atom. The summed E-state index contributed by atoms with van der Waals surface area (Å²) in [7, 11) is 2.96. The number of benzene rings is 2. The molecular weight excluding hydrogens is 468 g/mol.